The fraction of sp³-hybridized carbons (Fsp3) is 0. The summed E-state index contributed by atoms with van der Waals surface area (Å²) in [6.45, 7) is 0. The number of hydrogen-bond donors (Lipinski definition) is 15. The molecule has 0 amide bonds. The van der Waals surface area contributed by atoms with Gasteiger partial charge in [-0.3, -0.25) is 0 Å². The summed E-state index contributed by atoms with van der Waals surface area (Å²) >= 11 is 0. The largest absolute Gasteiger partial charge is 0.504 e. The first-order valence-corrected chi connectivity index (χ1v) is 14.8. The maximum Gasteiger partial charge on any atom is 0.205 e. The Kier molecular flexibility index (Phi) is 6.08. The van der Waals surface area contributed by atoms with Crippen molar-refractivity contribution in [2.24, 2.45) is 0 Å². The molecule has 0 atom stereocenters. The lowest BCUT2D eigenvalue weighted by Crippen LogP contribution is -1.96. The summed E-state index contributed by atoms with van der Waals surface area (Å²) in [5.41, 5.74) is -1.78. The lowest BCUT2D eigenvalue weighted by atomic mass is 9.81. The van der Waals surface area contributed by atoms with Crippen molar-refractivity contribution in [2.45, 2.75) is 0 Å². The molecule has 0 saturated heterocycles. The summed E-state index contributed by atoms with van der Waals surface area (Å²) in [5, 5.41) is 161. The minimum atomic E-state index is -1.47. The van der Waals surface area contributed by atoms with Gasteiger partial charge in [-0.2, -0.15) is 0 Å². The molecule has 0 fully saturated rings. The second kappa shape index (κ2) is 10.1. The summed E-state index contributed by atoms with van der Waals surface area (Å²) < 4.78 is 5.98. The Morgan fingerprint density at radius 3 is 1.13 bits per heavy atom. The molecule has 8 rings (SSSR count). The predicted octanol–water partition coefficient (Wildman–Crippen LogP) is 5.96. The van der Waals surface area contributed by atoms with Crippen LogP contribution in [0.4, 0.5) is 0 Å². The van der Waals surface area contributed by atoms with Crippen LogP contribution >= 0.6 is 0 Å². The molecular formula is C36H22O16. The van der Waals surface area contributed by atoms with Crippen LogP contribution in [-0.4, -0.2) is 76.6 Å². The van der Waals surface area contributed by atoms with Gasteiger partial charge in [0.05, 0.1) is 5.39 Å². The van der Waals surface area contributed by atoms with Crippen LogP contribution in [0.1, 0.15) is 0 Å². The Morgan fingerprint density at radius 2 is 0.654 bits per heavy atom. The van der Waals surface area contributed by atoms with E-state index in [9.17, 15) is 76.6 Å². The molecular weight excluding hydrogens is 688 g/mol. The number of phenolic OH excluding ortho intramolecular Hbond substituents is 15. The van der Waals surface area contributed by atoms with Crippen molar-refractivity contribution in [3.63, 3.8) is 0 Å². The van der Waals surface area contributed by atoms with Gasteiger partial charge < -0.3 is 81.0 Å². The molecule has 7 aromatic carbocycles. The Morgan fingerprint density at radius 1 is 0.288 bits per heavy atom. The minimum absolute atomic E-state index is 0.0293. The van der Waals surface area contributed by atoms with E-state index in [1.54, 1.807) is 30.3 Å². The fourth-order valence-electron chi connectivity index (χ4n) is 6.92. The quantitative estimate of drug-likeness (QED) is 0.0558. The third-order valence-electron chi connectivity index (χ3n) is 9.28. The molecule has 16 heteroatoms. The van der Waals surface area contributed by atoms with Gasteiger partial charge >= 0.3 is 0 Å². The van der Waals surface area contributed by atoms with E-state index in [0.29, 0.717) is 16.4 Å². The average molecular weight is 711 g/mol. The number of aromatic hydroxyl groups is 15. The number of rotatable bonds is 2. The highest BCUT2D eigenvalue weighted by Gasteiger charge is 2.37. The molecule has 0 spiro atoms. The van der Waals surface area contributed by atoms with Crippen LogP contribution in [0.3, 0.4) is 0 Å². The van der Waals surface area contributed by atoms with Gasteiger partial charge in [-0.1, -0.05) is 24.3 Å². The number of fused-ring (bicyclic) bond motifs is 6. The van der Waals surface area contributed by atoms with Gasteiger partial charge in [0, 0.05) is 54.4 Å². The maximum atomic E-state index is 11.5. The van der Waals surface area contributed by atoms with Gasteiger partial charge in [-0.25, -0.2) is 0 Å². The van der Waals surface area contributed by atoms with E-state index in [2.05, 4.69) is 0 Å². The number of phenols is 15. The highest BCUT2D eigenvalue weighted by molar-refractivity contribution is 6.32. The number of furan rings is 1. The van der Waals surface area contributed by atoms with Crippen molar-refractivity contribution < 1.29 is 81.0 Å². The lowest BCUT2D eigenvalue weighted by molar-refractivity contribution is 0.347. The molecule has 0 aliphatic carbocycles. The van der Waals surface area contributed by atoms with E-state index in [1.807, 2.05) is 0 Å². The van der Waals surface area contributed by atoms with E-state index in [-0.39, 0.29) is 11.1 Å². The summed E-state index contributed by atoms with van der Waals surface area (Å²) in [4.78, 5) is 0. The van der Waals surface area contributed by atoms with Crippen LogP contribution in [0, 0.1) is 0 Å². The SMILES string of the molecule is Oc1c(O)c(O)c2c(-c3c4c(O)c(O)c(O)c(O)c4c(-c4ccc5c(c4)oc4ccccc45)c4c(O)c(O)c(O)c(O)c34)c(O)c(O)c(O)c2c1O. The zero-order chi connectivity index (χ0) is 37.4. The molecule has 1 aromatic heterocycles. The first kappa shape index (κ1) is 31.4. The highest BCUT2D eigenvalue weighted by atomic mass is 16.4. The summed E-state index contributed by atoms with van der Waals surface area (Å²) in [5.74, 6) is -20.5. The zero-order valence-electron chi connectivity index (χ0n) is 25.7. The van der Waals surface area contributed by atoms with Crippen molar-refractivity contribution in [1.82, 2.24) is 0 Å². The van der Waals surface area contributed by atoms with Crippen LogP contribution in [0.2, 0.25) is 0 Å². The zero-order valence-corrected chi connectivity index (χ0v) is 25.7. The van der Waals surface area contributed by atoms with Crippen LogP contribution in [0.15, 0.2) is 46.9 Å². The van der Waals surface area contributed by atoms with E-state index >= 15 is 0 Å². The molecule has 0 unspecified atom stereocenters. The topological polar surface area (TPSA) is 317 Å². The molecule has 0 saturated carbocycles. The van der Waals surface area contributed by atoms with Gasteiger partial charge in [-0.15, -0.1) is 0 Å². The maximum absolute atomic E-state index is 11.5. The normalized spacial score (nSPS) is 11.8. The molecule has 8 aromatic rings. The summed E-state index contributed by atoms with van der Waals surface area (Å²) in [6.07, 6.45) is 0. The van der Waals surface area contributed by atoms with Gasteiger partial charge in [0.1, 0.15) is 11.2 Å². The van der Waals surface area contributed by atoms with Crippen molar-refractivity contribution >= 4 is 54.3 Å². The minimum Gasteiger partial charge on any atom is -0.504 e. The van der Waals surface area contributed by atoms with Crippen molar-refractivity contribution in [3.8, 4) is 108 Å². The Bertz CT molecular complexity index is 2870. The van der Waals surface area contributed by atoms with Crippen LogP contribution in [0.25, 0.3) is 76.5 Å². The second-order valence-electron chi connectivity index (χ2n) is 11.9. The lowest BCUT2D eigenvalue weighted by Gasteiger charge is -2.24. The third-order valence-corrected chi connectivity index (χ3v) is 9.28. The predicted molar refractivity (Wildman–Crippen MR) is 182 cm³/mol. The van der Waals surface area contributed by atoms with Crippen LogP contribution in [-0.2, 0) is 0 Å². The third kappa shape index (κ3) is 3.63. The molecule has 16 nitrogen and oxygen atoms in total. The van der Waals surface area contributed by atoms with E-state index < -0.39 is 135 Å². The van der Waals surface area contributed by atoms with Crippen LogP contribution in [0.5, 0.6) is 86.2 Å². The van der Waals surface area contributed by atoms with Crippen molar-refractivity contribution in [3.05, 3.63) is 42.5 Å². The molecule has 0 radical (unpaired) electrons. The number of hydrogen-bond acceptors (Lipinski definition) is 16. The molecule has 15 N–H and O–H groups in total. The smallest absolute Gasteiger partial charge is 0.205 e. The van der Waals surface area contributed by atoms with Gasteiger partial charge in [0.25, 0.3) is 0 Å². The standard InChI is InChI=1S/C36H22O16/c37-22-15-13(8-5-6-10-9-3-1-2-4-11(9)52-12(10)7-8)16-18(26(41)34(49)32(47)23(16)38)14(17(15)25(40)33(48)31(22)46)19-20-21(28(43)30(45)24(19)39)29(44)36(51)35(50)27(20)42/h1-7,37-51H. The molecule has 52 heavy (non-hydrogen) atoms. The molecule has 0 bridgehead atoms. The Hall–Kier alpha value is -7.88. The first-order chi connectivity index (χ1) is 24.6. The van der Waals surface area contributed by atoms with E-state index in [0.717, 1.165) is 0 Å². The van der Waals surface area contributed by atoms with Crippen molar-refractivity contribution in [2.75, 3.05) is 0 Å². The van der Waals surface area contributed by atoms with Gasteiger partial charge in [0.15, 0.2) is 46.0 Å². The second-order valence-corrected chi connectivity index (χ2v) is 11.9. The molecule has 0 aliphatic rings. The van der Waals surface area contributed by atoms with Gasteiger partial charge in [-0.05, 0) is 23.8 Å². The van der Waals surface area contributed by atoms with Crippen molar-refractivity contribution in [1.29, 1.82) is 0 Å². The van der Waals surface area contributed by atoms with Crippen LogP contribution < -0.4 is 0 Å². The number of benzene rings is 7. The van der Waals surface area contributed by atoms with Gasteiger partial charge in [0.2, 0.25) is 40.2 Å². The fourth-order valence-corrected chi connectivity index (χ4v) is 6.92. The highest BCUT2D eigenvalue weighted by Crippen LogP contribution is 2.66. The molecule has 0 aliphatic heterocycles. The van der Waals surface area contributed by atoms with E-state index in [1.165, 1.54) is 12.1 Å². The average Bonchev–Trinajstić information content (AvgIpc) is 3.51. The van der Waals surface area contributed by atoms with E-state index in [4.69, 9.17) is 4.42 Å². The Balaban J connectivity index is 1.73. The first-order valence-electron chi connectivity index (χ1n) is 14.8. The molecule has 262 valence electrons. The monoisotopic (exact) mass is 710 g/mol. The Labute approximate surface area is 286 Å². The summed E-state index contributed by atoms with van der Waals surface area (Å²) in [6, 6.07) is 11.3. The molecule has 1 heterocycles. The number of para-hydroxylation sites is 1. The summed E-state index contributed by atoms with van der Waals surface area (Å²) in [7, 11) is 0.